The van der Waals surface area contributed by atoms with Gasteiger partial charge in [0, 0.05) is 15.5 Å². The smallest absolute Gasteiger partial charge is 0.253 e. The van der Waals surface area contributed by atoms with Crippen LogP contribution >= 0.6 is 11.3 Å². The van der Waals surface area contributed by atoms with Crippen molar-refractivity contribution in [3.05, 3.63) is 35.2 Å². The molecule has 4 N–H and O–H groups in total. The van der Waals surface area contributed by atoms with Crippen LogP contribution in [0.4, 0.5) is 0 Å². The molecule has 0 radical (unpaired) electrons. The van der Waals surface area contributed by atoms with Gasteiger partial charge in [-0.25, -0.2) is 0 Å². The summed E-state index contributed by atoms with van der Waals surface area (Å²) in [6.45, 7) is 1.65. The van der Waals surface area contributed by atoms with Crippen molar-refractivity contribution in [2.75, 3.05) is 0 Å². The zero-order chi connectivity index (χ0) is 13.1. The number of oxime groups is 1. The molecule has 1 atom stereocenters. The molecule has 1 heterocycles. The Labute approximate surface area is 108 Å². The van der Waals surface area contributed by atoms with Gasteiger partial charge in [0.15, 0.2) is 5.84 Å². The molecule has 0 bridgehead atoms. The number of rotatable bonds is 3. The number of amidine groups is 1. The Morgan fingerprint density at radius 2 is 2.22 bits per heavy atom. The molecule has 94 valence electrons. The first-order valence-corrected chi connectivity index (χ1v) is 6.26. The summed E-state index contributed by atoms with van der Waals surface area (Å²) in [5, 5.41) is 16.8. The number of benzene rings is 1. The normalized spacial score (nSPS) is 13.5. The molecule has 0 aliphatic carbocycles. The first kappa shape index (κ1) is 12.4. The number of carbonyl (C=O) groups excluding carboxylic acids is 1. The van der Waals surface area contributed by atoms with Gasteiger partial charge in [0.1, 0.15) is 0 Å². The molecule has 0 saturated heterocycles. The number of nitrogens with zero attached hydrogens (tertiary/aromatic N) is 1. The summed E-state index contributed by atoms with van der Waals surface area (Å²) in [6.07, 6.45) is 0. The van der Waals surface area contributed by atoms with E-state index in [0.29, 0.717) is 5.56 Å². The summed E-state index contributed by atoms with van der Waals surface area (Å²) in [5.74, 6) is -0.255. The highest BCUT2D eigenvalue weighted by atomic mass is 32.1. The summed E-state index contributed by atoms with van der Waals surface area (Å²) < 4.78 is 1.05. The maximum absolute atomic E-state index is 12.1. The standard InChI is InChI=1S/C12H13N3O2S/c1-7(11(13)15-17)14-12(16)9-6-18-10-5-3-2-4-8(9)10/h2-7,17H,1H3,(H2,13,15)(H,14,16). The monoisotopic (exact) mass is 263 g/mol. The van der Waals surface area contributed by atoms with Crippen LogP contribution in [0, 0.1) is 0 Å². The minimum Gasteiger partial charge on any atom is -0.409 e. The number of carbonyl (C=O) groups is 1. The van der Waals surface area contributed by atoms with E-state index in [2.05, 4.69) is 10.5 Å². The van der Waals surface area contributed by atoms with Gasteiger partial charge in [-0.15, -0.1) is 11.3 Å². The van der Waals surface area contributed by atoms with Gasteiger partial charge in [0.05, 0.1) is 11.6 Å². The predicted molar refractivity (Wildman–Crippen MR) is 72.2 cm³/mol. The first-order chi connectivity index (χ1) is 8.63. The van der Waals surface area contributed by atoms with Crippen molar-refractivity contribution < 1.29 is 10.0 Å². The quantitative estimate of drug-likeness (QED) is 0.341. The lowest BCUT2D eigenvalue weighted by molar-refractivity contribution is 0.0950. The zero-order valence-electron chi connectivity index (χ0n) is 9.75. The van der Waals surface area contributed by atoms with Crippen LogP contribution < -0.4 is 11.1 Å². The lowest BCUT2D eigenvalue weighted by atomic mass is 10.1. The van der Waals surface area contributed by atoms with Crippen LogP contribution in [0.15, 0.2) is 34.8 Å². The van der Waals surface area contributed by atoms with Crippen molar-refractivity contribution in [2.45, 2.75) is 13.0 Å². The molecule has 2 rings (SSSR count). The molecule has 0 aliphatic rings. The van der Waals surface area contributed by atoms with E-state index in [0.717, 1.165) is 10.1 Å². The Morgan fingerprint density at radius 1 is 1.50 bits per heavy atom. The summed E-state index contributed by atoms with van der Waals surface area (Å²) in [5.41, 5.74) is 6.02. The third-order valence-corrected chi connectivity index (χ3v) is 3.60. The number of hydrogen-bond donors (Lipinski definition) is 3. The van der Waals surface area contributed by atoms with E-state index < -0.39 is 6.04 Å². The van der Waals surface area contributed by atoms with E-state index in [4.69, 9.17) is 10.9 Å². The summed E-state index contributed by atoms with van der Waals surface area (Å²) >= 11 is 1.51. The number of nitrogens with two attached hydrogens (primary N) is 1. The van der Waals surface area contributed by atoms with Gasteiger partial charge in [0.2, 0.25) is 0 Å². The highest BCUT2D eigenvalue weighted by molar-refractivity contribution is 7.17. The molecular formula is C12H13N3O2S. The lowest BCUT2D eigenvalue weighted by Gasteiger charge is -2.11. The van der Waals surface area contributed by atoms with Crippen LogP contribution in [-0.4, -0.2) is 23.0 Å². The van der Waals surface area contributed by atoms with E-state index in [9.17, 15) is 4.79 Å². The van der Waals surface area contributed by atoms with Crippen molar-refractivity contribution in [3.8, 4) is 0 Å². The summed E-state index contributed by atoms with van der Waals surface area (Å²) in [7, 11) is 0. The summed E-state index contributed by atoms with van der Waals surface area (Å²) in [6, 6.07) is 7.16. The van der Waals surface area contributed by atoms with Crippen molar-refractivity contribution in [3.63, 3.8) is 0 Å². The van der Waals surface area contributed by atoms with Gasteiger partial charge in [-0.05, 0) is 13.0 Å². The fourth-order valence-electron chi connectivity index (χ4n) is 1.59. The van der Waals surface area contributed by atoms with E-state index in [1.807, 2.05) is 24.3 Å². The third-order valence-electron chi connectivity index (χ3n) is 2.63. The topological polar surface area (TPSA) is 87.7 Å². The number of amides is 1. The van der Waals surface area contributed by atoms with Crippen LogP contribution in [0.3, 0.4) is 0 Å². The number of nitrogens with one attached hydrogen (secondary N) is 1. The molecule has 18 heavy (non-hydrogen) atoms. The predicted octanol–water partition coefficient (Wildman–Crippen LogP) is 1.77. The van der Waals surface area contributed by atoms with Crippen LogP contribution in [0.1, 0.15) is 17.3 Å². The van der Waals surface area contributed by atoms with Crippen molar-refractivity contribution in [1.29, 1.82) is 0 Å². The average molecular weight is 263 g/mol. The fourth-order valence-corrected chi connectivity index (χ4v) is 2.53. The van der Waals surface area contributed by atoms with Gasteiger partial charge in [-0.3, -0.25) is 4.79 Å². The Bertz CT molecular complexity index is 606. The lowest BCUT2D eigenvalue weighted by Crippen LogP contribution is -2.42. The summed E-state index contributed by atoms with van der Waals surface area (Å²) in [4.78, 5) is 12.1. The Morgan fingerprint density at radius 3 is 2.94 bits per heavy atom. The molecule has 1 aromatic carbocycles. The van der Waals surface area contributed by atoms with Gasteiger partial charge in [-0.1, -0.05) is 23.4 Å². The van der Waals surface area contributed by atoms with E-state index in [1.54, 1.807) is 12.3 Å². The van der Waals surface area contributed by atoms with E-state index >= 15 is 0 Å². The second-order valence-corrected chi connectivity index (χ2v) is 4.78. The van der Waals surface area contributed by atoms with Crippen molar-refractivity contribution in [1.82, 2.24) is 5.32 Å². The van der Waals surface area contributed by atoms with Crippen LogP contribution in [0.5, 0.6) is 0 Å². The highest BCUT2D eigenvalue weighted by Crippen LogP contribution is 2.25. The Balaban J connectivity index is 2.24. The van der Waals surface area contributed by atoms with E-state index in [-0.39, 0.29) is 11.7 Å². The highest BCUT2D eigenvalue weighted by Gasteiger charge is 2.16. The number of thiophene rings is 1. The largest absolute Gasteiger partial charge is 0.409 e. The maximum atomic E-state index is 12.1. The minimum absolute atomic E-state index is 0.0251. The van der Waals surface area contributed by atoms with Gasteiger partial charge < -0.3 is 16.3 Å². The Kier molecular flexibility index (Phi) is 3.47. The molecule has 5 nitrogen and oxygen atoms in total. The third kappa shape index (κ3) is 2.28. The number of hydrogen-bond acceptors (Lipinski definition) is 4. The maximum Gasteiger partial charge on any atom is 0.253 e. The van der Waals surface area contributed by atoms with Gasteiger partial charge in [-0.2, -0.15) is 0 Å². The molecule has 1 unspecified atom stereocenters. The molecule has 0 spiro atoms. The fraction of sp³-hybridized carbons (Fsp3) is 0.167. The molecule has 0 aliphatic heterocycles. The second kappa shape index (κ2) is 5.05. The Hall–Kier alpha value is -2.08. The zero-order valence-corrected chi connectivity index (χ0v) is 10.6. The average Bonchev–Trinajstić information content (AvgIpc) is 2.81. The number of fused-ring (bicyclic) bond motifs is 1. The molecule has 1 aromatic heterocycles. The molecule has 0 saturated carbocycles. The van der Waals surface area contributed by atoms with E-state index in [1.165, 1.54) is 11.3 Å². The minimum atomic E-state index is -0.513. The van der Waals surface area contributed by atoms with Gasteiger partial charge >= 0.3 is 0 Å². The van der Waals surface area contributed by atoms with Crippen LogP contribution in [0.25, 0.3) is 10.1 Å². The van der Waals surface area contributed by atoms with Crippen molar-refractivity contribution in [2.24, 2.45) is 10.9 Å². The SMILES string of the molecule is CC(NC(=O)c1csc2ccccc12)/C(N)=N/O. The molecule has 0 fully saturated rings. The van der Waals surface area contributed by atoms with Gasteiger partial charge in [0.25, 0.3) is 5.91 Å². The molecule has 1 amide bonds. The molecule has 2 aromatic rings. The van der Waals surface area contributed by atoms with Crippen molar-refractivity contribution >= 4 is 33.2 Å². The molecular weight excluding hydrogens is 250 g/mol. The van der Waals surface area contributed by atoms with Crippen LogP contribution in [0.2, 0.25) is 0 Å². The molecule has 6 heteroatoms. The first-order valence-electron chi connectivity index (χ1n) is 5.38. The van der Waals surface area contributed by atoms with Crippen LogP contribution in [-0.2, 0) is 0 Å². The second-order valence-electron chi connectivity index (χ2n) is 3.87.